The number of aryl methyl sites for hydroxylation is 1. The molecular weight excluding hydrogens is 422 g/mol. The second-order valence-electron chi connectivity index (χ2n) is 8.82. The first-order chi connectivity index (χ1) is 15.6. The monoisotopic (exact) mass is 449 g/mol. The smallest absolute Gasteiger partial charge is 0.271 e. The zero-order valence-corrected chi connectivity index (χ0v) is 19.4. The molecule has 9 nitrogen and oxygen atoms in total. The van der Waals surface area contributed by atoms with Gasteiger partial charge in [0.1, 0.15) is 28.5 Å². The number of rotatable bonds is 5. The fraction of sp³-hybridized carbons (Fsp3) is 0.333. The van der Waals surface area contributed by atoms with Crippen molar-refractivity contribution in [2.75, 3.05) is 19.4 Å². The van der Waals surface area contributed by atoms with E-state index in [1.807, 2.05) is 13.8 Å². The molecule has 1 aromatic carbocycles. The molecule has 3 heterocycles. The number of nitrogens with zero attached hydrogens (tertiary/aromatic N) is 4. The molecule has 3 aromatic rings. The van der Waals surface area contributed by atoms with Crippen LogP contribution in [0.15, 0.2) is 42.7 Å². The van der Waals surface area contributed by atoms with E-state index in [0.717, 1.165) is 18.4 Å². The molecule has 9 heteroatoms. The first kappa shape index (κ1) is 22.3. The summed E-state index contributed by atoms with van der Waals surface area (Å²) in [5, 5.41) is 6.99. The second-order valence-corrected chi connectivity index (χ2v) is 8.82. The number of carbonyl (C=O) groups is 2. The standard InChI is InChI=1S/C24H27N5O4/c1-24(2)10-8-17-19(32-16-6-7-18(25-14-16)23(31)28(3)4)12-15(13-20(17)33-24)22(30)26-21-9-11-29(5)27-21/h6-7,9,11-14H,8,10H2,1-5H3,(H,26,27,30). The molecule has 0 saturated heterocycles. The number of benzene rings is 1. The number of aromatic nitrogens is 3. The number of hydrogen-bond acceptors (Lipinski definition) is 6. The van der Waals surface area contributed by atoms with Crippen LogP contribution in [0.1, 0.15) is 46.7 Å². The number of amides is 2. The molecule has 0 saturated carbocycles. The predicted molar refractivity (Wildman–Crippen MR) is 123 cm³/mol. The van der Waals surface area contributed by atoms with E-state index in [0.29, 0.717) is 34.3 Å². The first-order valence-corrected chi connectivity index (χ1v) is 10.6. The van der Waals surface area contributed by atoms with E-state index in [-0.39, 0.29) is 17.4 Å². The van der Waals surface area contributed by atoms with Gasteiger partial charge in [-0.2, -0.15) is 5.10 Å². The molecule has 0 unspecified atom stereocenters. The Morgan fingerprint density at radius 3 is 2.64 bits per heavy atom. The van der Waals surface area contributed by atoms with Gasteiger partial charge in [0.05, 0.1) is 6.20 Å². The van der Waals surface area contributed by atoms with Crippen LogP contribution < -0.4 is 14.8 Å². The Morgan fingerprint density at radius 2 is 2.00 bits per heavy atom. The fourth-order valence-corrected chi connectivity index (χ4v) is 3.55. The zero-order valence-electron chi connectivity index (χ0n) is 19.4. The summed E-state index contributed by atoms with van der Waals surface area (Å²) >= 11 is 0. The van der Waals surface area contributed by atoms with Gasteiger partial charge in [-0.3, -0.25) is 14.3 Å². The minimum Gasteiger partial charge on any atom is -0.487 e. The zero-order chi connectivity index (χ0) is 23.8. The van der Waals surface area contributed by atoms with Gasteiger partial charge in [-0.15, -0.1) is 0 Å². The summed E-state index contributed by atoms with van der Waals surface area (Å²) in [4.78, 5) is 30.7. The van der Waals surface area contributed by atoms with E-state index >= 15 is 0 Å². The summed E-state index contributed by atoms with van der Waals surface area (Å²) < 4.78 is 13.9. The molecule has 172 valence electrons. The van der Waals surface area contributed by atoms with Crippen LogP contribution in [0.5, 0.6) is 17.2 Å². The van der Waals surface area contributed by atoms with Crippen LogP contribution in [-0.2, 0) is 13.5 Å². The van der Waals surface area contributed by atoms with Gasteiger partial charge in [0, 0.05) is 44.5 Å². The molecule has 0 atom stereocenters. The molecule has 0 fully saturated rings. The Kier molecular flexibility index (Phi) is 5.80. The van der Waals surface area contributed by atoms with Gasteiger partial charge in [0.15, 0.2) is 5.82 Å². The molecule has 4 rings (SSSR count). The predicted octanol–water partition coefficient (Wildman–Crippen LogP) is 3.67. The van der Waals surface area contributed by atoms with E-state index in [1.54, 1.807) is 62.4 Å². The van der Waals surface area contributed by atoms with Crippen molar-refractivity contribution in [3.05, 3.63) is 59.5 Å². The molecule has 0 radical (unpaired) electrons. The Balaban J connectivity index is 1.65. The number of carbonyl (C=O) groups excluding carboxylic acids is 2. The molecule has 1 aliphatic rings. The van der Waals surface area contributed by atoms with Crippen molar-refractivity contribution in [1.29, 1.82) is 0 Å². The lowest BCUT2D eigenvalue weighted by molar-refractivity contribution is 0.0821. The van der Waals surface area contributed by atoms with Crippen molar-refractivity contribution < 1.29 is 19.1 Å². The van der Waals surface area contributed by atoms with E-state index in [2.05, 4.69) is 15.4 Å². The second kappa shape index (κ2) is 8.57. The Labute approximate surface area is 192 Å². The molecule has 0 bridgehead atoms. The summed E-state index contributed by atoms with van der Waals surface area (Å²) in [6.07, 6.45) is 4.80. The number of ether oxygens (including phenoxy) is 2. The third-order valence-electron chi connectivity index (χ3n) is 5.34. The van der Waals surface area contributed by atoms with Gasteiger partial charge >= 0.3 is 0 Å². The molecule has 1 N–H and O–H groups in total. The van der Waals surface area contributed by atoms with Crippen molar-refractivity contribution in [2.45, 2.75) is 32.3 Å². The minimum atomic E-state index is -0.351. The topological polar surface area (TPSA) is 98.6 Å². The lowest BCUT2D eigenvalue weighted by Crippen LogP contribution is -2.33. The van der Waals surface area contributed by atoms with Gasteiger partial charge in [-0.1, -0.05) is 0 Å². The molecule has 0 spiro atoms. The average Bonchev–Trinajstić information content (AvgIpc) is 3.17. The average molecular weight is 450 g/mol. The Morgan fingerprint density at radius 1 is 1.21 bits per heavy atom. The highest BCUT2D eigenvalue weighted by molar-refractivity contribution is 6.04. The number of nitrogens with one attached hydrogen (secondary N) is 1. The Hall–Kier alpha value is -3.88. The van der Waals surface area contributed by atoms with Gasteiger partial charge in [0.2, 0.25) is 0 Å². The highest BCUT2D eigenvalue weighted by atomic mass is 16.5. The lowest BCUT2D eigenvalue weighted by atomic mass is 9.92. The van der Waals surface area contributed by atoms with Crippen LogP contribution >= 0.6 is 0 Å². The van der Waals surface area contributed by atoms with E-state index in [9.17, 15) is 9.59 Å². The summed E-state index contributed by atoms with van der Waals surface area (Å²) in [7, 11) is 5.12. The van der Waals surface area contributed by atoms with E-state index < -0.39 is 0 Å². The van der Waals surface area contributed by atoms with Gasteiger partial charge in [0.25, 0.3) is 11.8 Å². The van der Waals surface area contributed by atoms with Crippen LogP contribution in [0.2, 0.25) is 0 Å². The normalized spacial score (nSPS) is 14.1. The molecule has 33 heavy (non-hydrogen) atoms. The number of anilines is 1. The largest absolute Gasteiger partial charge is 0.487 e. The maximum atomic E-state index is 12.9. The maximum absolute atomic E-state index is 12.9. The lowest BCUT2D eigenvalue weighted by Gasteiger charge is -2.33. The molecule has 2 amide bonds. The van der Waals surface area contributed by atoms with Crippen LogP contribution in [0.4, 0.5) is 5.82 Å². The van der Waals surface area contributed by atoms with Gasteiger partial charge in [-0.05, 0) is 51.0 Å². The SMILES string of the molecule is CN(C)C(=O)c1ccc(Oc2cc(C(=O)Nc3ccn(C)n3)cc3c2CCC(C)(C)O3)cn1. The third-order valence-corrected chi connectivity index (χ3v) is 5.34. The quantitative estimate of drug-likeness (QED) is 0.638. The van der Waals surface area contributed by atoms with Crippen LogP contribution in [0, 0.1) is 0 Å². The first-order valence-electron chi connectivity index (χ1n) is 10.6. The number of fused-ring (bicyclic) bond motifs is 1. The molecule has 1 aliphatic heterocycles. The van der Waals surface area contributed by atoms with Crippen molar-refractivity contribution in [1.82, 2.24) is 19.7 Å². The van der Waals surface area contributed by atoms with Crippen molar-refractivity contribution in [2.24, 2.45) is 7.05 Å². The number of hydrogen-bond donors (Lipinski definition) is 1. The van der Waals surface area contributed by atoms with Crippen molar-refractivity contribution >= 4 is 17.6 Å². The van der Waals surface area contributed by atoms with Crippen LogP contribution in [0.25, 0.3) is 0 Å². The summed E-state index contributed by atoms with van der Waals surface area (Å²) in [6, 6.07) is 8.44. The van der Waals surface area contributed by atoms with Crippen LogP contribution in [-0.4, -0.2) is 51.2 Å². The van der Waals surface area contributed by atoms with Crippen LogP contribution in [0.3, 0.4) is 0 Å². The minimum absolute atomic E-state index is 0.192. The number of pyridine rings is 1. The van der Waals surface area contributed by atoms with Crippen molar-refractivity contribution in [3.8, 4) is 17.2 Å². The molecule has 0 aliphatic carbocycles. The third kappa shape index (κ3) is 4.97. The summed E-state index contributed by atoms with van der Waals surface area (Å²) in [6.45, 7) is 4.03. The highest BCUT2D eigenvalue weighted by Gasteiger charge is 2.30. The van der Waals surface area contributed by atoms with E-state index in [4.69, 9.17) is 9.47 Å². The Bertz CT molecular complexity index is 1200. The van der Waals surface area contributed by atoms with Crippen molar-refractivity contribution in [3.63, 3.8) is 0 Å². The van der Waals surface area contributed by atoms with Gasteiger partial charge < -0.3 is 19.7 Å². The highest BCUT2D eigenvalue weighted by Crippen LogP contribution is 2.41. The van der Waals surface area contributed by atoms with E-state index in [1.165, 1.54) is 11.1 Å². The summed E-state index contributed by atoms with van der Waals surface area (Å²) in [5.74, 6) is 1.53. The molecule has 2 aromatic heterocycles. The van der Waals surface area contributed by atoms with Gasteiger partial charge in [-0.25, -0.2) is 4.98 Å². The fourth-order valence-electron chi connectivity index (χ4n) is 3.55. The maximum Gasteiger partial charge on any atom is 0.271 e. The molecular formula is C24H27N5O4. The summed E-state index contributed by atoms with van der Waals surface area (Å²) in [5.41, 5.74) is 1.25.